The van der Waals surface area contributed by atoms with Crippen molar-refractivity contribution in [3.8, 4) is 0 Å². The minimum absolute atomic E-state index is 0.0909. The zero-order chi connectivity index (χ0) is 8.32. The van der Waals surface area contributed by atoms with E-state index >= 15 is 0 Å². The van der Waals surface area contributed by atoms with Gasteiger partial charge in [-0.1, -0.05) is 0 Å². The average molecular weight is 156 g/mol. The molecule has 0 aromatic rings. The molecule has 1 fully saturated rings. The standard InChI is InChI=1S/C9H18NO/c1-9(2)6-4-5-8(11-9)7-10-3/h8H,4-7H2,1-3H3/q-1. The van der Waals surface area contributed by atoms with Crippen LogP contribution in [0.15, 0.2) is 0 Å². The van der Waals surface area contributed by atoms with E-state index < -0.39 is 0 Å². The molecule has 1 rings (SSSR count). The van der Waals surface area contributed by atoms with Gasteiger partial charge in [0.15, 0.2) is 0 Å². The van der Waals surface area contributed by atoms with Gasteiger partial charge in [-0.15, -0.1) is 6.54 Å². The Morgan fingerprint density at radius 3 is 2.82 bits per heavy atom. The molecule has 1 saturated heterocycles. The van der Waals surface area contributed by atoms with Crippen molar-refractivity contribution in [2.75, 3.05) is 13.6 Å². The normalized spacial score (nSPS) is 30.3. The van der Waals surface area contributed by atoms with E-state index in [0.717, 1.165) is 6.54 Å². The van der Waals surface area contributed by atoms with Crippen molar-refractivity contribution in [2.24, 2.45) is 0 Å². The Kier molecular flexibility index (Phi) is 2.90. The predicted molar refractivity (Wildman–Crippen MR) is 47.0 cm³/mol. The Morgan fingerprint density at radius 2 is 2.27 bits per heavy atom. The van der Waals surface area contributed by atoms with E-state index in [9.17, 15) is 0 Å². The first kappa shape index (κ1) is 9.01. The molecular formula is C9H18NO-. The second kappa shape index (κ2) is 3.55. The zero-order valence-electron chi connectivity index (χ0n) is 7.76. The fraction of sp³-hybridized carbons (Fsp3) is 1.00. The molecule has 66 valence electrons. The minimum Gasteiger partial charge on any atom is -0.663 e. The highest BCUT2D eigenvalue weighted by molar-refractivity contribution is 4.84. The molecule has 1 heterocycles. The highest BCUT2D eigenvalue weighted by atomic mass is 16.5. The number of ether oxygens (including phenoxy) is 1. The first-order chi connectivity index (χ1) is 5.14. The third-order valence-electron chi connectivity index (χ3n) is 2.18. The van der Waals surface area contributed by atoms with Crippen LogP contribution in [0.4, 0.5) is 0 Å². The van der Waals surface area contributed by atoms with Gasteiger partial charge in [-0.25, -0.2) is 0 Å². The molecule has 0 spiro atoms. The molecule has 0 amide bonds. The van der Waals surface area contributed by atoms with Crippen molar-refractivity contribution in [1.29, 1.82) is 0 Å². The summed E-state index contributed by atoms with van der Waals surface area (Å²) in [5.74, 6) is 0. The lowest BCUT2D eigenvalue weighted by Crippen LogP contribution is -2.36. The smallest absolute Gasteiger partial charge is 0.0629 e. The van der Waals surface area contributed by atoms with Gasteiger partial charge in [0.25, 0.3) is 0 Å². The maximum Gasteiger partial charge on any atom is 0.0629 e. The van der Waals surface area contributed by atoms with E-state index in [1.54, 1.807) is 0 Å². The van der Waals surface area contributed by atoms with E-state index in [1.165, 1.54) is 19.3 Å². The molecule has 0 aliphatic carbocycles. The Labute approximate surface area is 69.3 Å². The second-order valence-electron chi connectivity index (χ2n) is 3.89. The number of hydrogen-bond donors (Lipinski definition) is 0. The lowest BCUT2D eigenvalue weighted by atomic mass is 9.95. The van der Waals surface area contributed by atoms with Crippen LogP contribution in [-0.2, 0) is 4.74 Å². The molecule has 1 aliphatic rings. The van der Waals surface area contributed by atoms with Crippen LogP contribution in [-0.4, -0.2) is 25.3 Å². The van der Waals surface area contributed by atoms with Crippen LogP contribution in [0.2, 0.25) is 0 Å². The van der Waals surface area contributed by atoms with Crippen molar-refractivity contribution < 1.29 is 4.74 Å². The van der Waals surface area contributed by atoms with Crippen LogP contribution in [0.25, 0.3) is 5.32 Å². The number of nitrogens with zero attached hydrogens (tertiary/aromatic N) is 1. The Balaban J connectivity index is 2.34. The van der Waals surface area contributed by atoms with Gasteiger partial charge >= 0.3 is 0 Å². The number of likely N-dealkylation sites (N-methyl/N-ethyl adjacent to an activating group) is 1. The van der Waals surface area contributed by atoms with Crippen LogP contribution in [0.5, 0.6) is 0 Å². The van der Waals surface area contributed by atoms with E-state index in [1.807, 2.05) is 7.05 Å². The van der Waals surface area contributed by atoms with E-state index in [-0.39, 0.29) is 5.60 Å². The lowest BCUT2D eigenvalue weighted by molar-refractivity contribution is -0.0993. The third-order valence-corrected chi connectivity index (χ3v) is 2.18. The van der Waals surface area contributed by atoms with Gasteiger partial charge in [0.2, 0.25) is 0 Å². The third kappa shape index (κ3) is 2.80. The van der Waals surface area contributed by atoms with Gasteiger partial charge in [-0.3, -0.25) is 0 Å². The first-order valence-corrected chi connectivity index (χ1v) is 4.37. The number of rotatable bonds is 2. The van der Waals surface area contributed by atoms with Gasteiger partial charge in [0, 0.05) is 6.10 Å². The van der Waals surface area contributed by atoms with Gasteiger partial charge < -0.3 is 10.1 Å². The molecule has 1 unspecified atom stereocenters. The fourth-order valence-electron chi connectivity index (χ4n) is 1.66. The van der Waals surface area contributed by atoms with Gasteiger partial charge in [0.1, 0.15) is 0 Å². The Bertz CT molecular complexity index is 121. The van der Waals surface area contributed by atoms with E-state index in [4.69, 9.17) is 4.74 Å². The molecular weight excluding hydrogens is 138 g/mol. The molecule has 2 nitrogen and oxygen atoms in total. The van der Waals surface area contributed by atoms with Crippen LogP contribution < -0.4 is 0 Å². The highest BCUT2D eigenvalue weighted by Crippen LogP contribution is 2.28. The molecule has 2 heteroatoms. The fourth-order valence-corrected chi connectivity index (χ4v) is 1.66. The topological polar surface area (TPSA) is 23.3 Å². The minimum atomic E-state index is 0.0909. The maximum absolute atomic E-state index is 5.82. The van der Waals surface area contributed by atoms with Crippen molar-refractivity contribution in [1.82, 2.24) is 0 Å². The SMILES string of the molecule is C[N-]CC1CCCC(C)(C)O1. The molecule has 11 heavy (non-hydrogen) atoms. The zero-order valence-corrected chi connectivity index (χ0v) is 7.76. The molecule has 0 aromatic heterocycles. The molecule has 0 saturated carbocycles. The van der Waals surface area contributed by atoms with Gasteiger partial charge in [-0.05, 0) is 33.1 Å². The quantitative estimate of drug-likeness (QED) is 0.602. The summed E-state index contributed by atoms with van der Waals surface area (Å²) < 4.78 is 5.82. The first-order valence-electron chi connectivity index (χ1n) is 4.37. The van der Waals surface area contributed by atoms with E-state index in [2.05, 4.69) is 19.2 Å². The van der Waals surface area contributed by atoms with Gasteiger partial charge in [-0.2, -0.15) is 7.05 Å². The van der Waals surface area contributed by atoms with Crippen LogP contribution in [0.3, 0.4) is 0 Å². The summed E-state index contributed by atoms with van der Waals surface area (Å²) in [7, 11) is 1.85. The maximum atomic E-state index is 5.82. The summed E-state index contributed by atoms with van der Waals surface area (Å²) in [6.07, 6.45) is 4.03. The summed E-state index contributed by atoms with van der Waals surface area (Å²) in [5, 5.41) is 4.10. The van der Waals surface area contributed by atoms with E-state index in [0.29, 0.717) is 6.10 Å². The molecule has 0 aromatic carbocycles. The molecule has 0 N–H and O–H groups in total. The van der Waals surface area contributed by atoms with Crippen molar-refractivity contribution in [3.63, 3.8) is 0 Å². The van der Waals surface area contributed by atoms with Crippen molar-refractivity contribution in [2.45, 2.75) is 44.8 Å². The molecule has 0 radical (unpaired) electrons. The van der Waals surface area contributed by atoms with Crippen LogP contribution in [0.1, 0.15) is 33.1 Å². The van der Waals surface area contributed by atoms with Crippen LogP contribution >= 0.6 is 0 Å². The number of hydrogen-bond acceptors (Lipinski definition) is 1. The average Bonchev–Trinajstić information content (AvgIpc) is 1.85. The summed E-state index contributed by atoms with van der Waals surface area (Å²) in [6, 6.07) is 0. The predicted octanol–water partition coefficient (Wildman–Crippen LogP) is 2.34. The van der Waals surface area contributed by atoms with Crippen molar-refractivity contribution in [3.05, 3.63) is 5.32 Å². The molecule has 1 atom stereocenters. The molecule has 1 aliphatic heterocycles. The Hall–Kier alpha value is -0.0800. The summed E-state index contributed by atoms with van der Waals surface area (Å²) >= 11 is 0. The second-order valence-corrected chi connectivity index (χ2v) is 3.89. The van der Waals surface area contributed by atoms with Crippen molar-refractivity contribution >= 4 is 0 Å². The summed E-state index contributed by atoms with van der Waals surface area (Å²) in [4.78, 5) is 0. The largest absolute Gasteiger partial charge is 0.663 e. The summed E-state index contributed by atoms with van der Waals surface area (Å²) in [5.41, 5.74) is 0.0909. The monoisotopic (exact) mass is 156 g/mol. The lowest BCUT2D eigenvalue weighted by Gasteiger charge is -2.38. The van der Waals surface area contributed by atoms with Gasteiger partial charge in [0.05, 0.1) is 5.60 Å². The van der Waals surface area contributed by atoms with Crippen LogP contribution in [0, 0.1) is 0 Å². The summed E-state index contributed by atoms with van der Waals surface area (Å²) in [6.45, 7) is 5.19. The Morgan fingerprint density at radius 1 is 1.55 bits per heavy atom. The highest BCUT2D eigenvalue weighted by Gasteiger charge is 2.26. The molecule has 0 bridgehead atoms.